The monoisotopic (exact) mass is 144 g/mol. The van der Waals surface area contributed by atoms with E-state index in [9.17, 15) is 0 Å². The van der Waals surface area contributed by atoms with Gasteiger partial charge < -0.3 is 10.6 Å². The molecule has 0 aromatic carbocycles. The lowest BCUT2D eigenvalue weighted by atomic mass is 10.1. The molecule has 2 heteroatoms. The molecule has 0 radical (unpaired) electrons. The number of nitrogens with one attached hydrogen (secondary N) is 2. The highest BCUT2D eigenvalue weighted by molar-refractivity contribution is 4.65. The molecule has 0 spiro atoms. The van der Waals surface area contributed by atoms with E-state index in [1.807, 2.05) is 14.1 Å². The molecule has 1 atom stereocenters. The van der Waals surface area contributed by atoms with Gasteiger partial charge in [-0.05, 0) is 20.5 Å². The Bertz CT molecular complexity index is 64.3. The van der Waals surface area contributed by atoms with Crippen molar-refractivity contribution in [3.05, 3.63) is 0 Å². The average Bonchev–Trinajstić information content (AvgIpc) is 1.98. The van der Waals surface area contributed by atoms with E-state index >= 15 is 0 Å². The van der Waals surface area contributed by atoms with Crippen molar-refractivity contribution in [2.24, 2.45) is 0 Å². The van der Waals surface area contributed by atoms with Gasteiger partial charge in [0.25, 0.3) is 0 Å². The summed E-state index contributed by atoms with van der Waals surface area (Å²) in [6.07, 6.45) is 3.91. The van der Waals surface area contributed by atoms with Gasteiger partial charge in [-0.15, -0.1) is 0 Å². The summed E-state index contributed by atoms with van der Waals surface area (Å²) in [6, 6.07) is 0.657. The molecule has 2 N–H and O–H groups in total. The summed E-state index contributed by atoms with van der Waals surface area (Å²) < 4.78 is 0. The van der Waals surface area contributed by atoms with Gasteiger partial charge in [-0.2, -0.15) is 0 Å². The quantitative estimate of drug-likeness (QED) is 0.581. The van der Waals surface area contributed by atoms with Gasteiger partial charge in [0.05, 0.1) is 0 Å². The molecule has 0 aliphatic rings. The molecule has 0 fully saturated rings. The van der Waals surface area contributed by atoms with Crippen LogP contribution in [0.3, 0.4) is 0 Å². The maximum Gasteiger partial charge on any atom is 0.0189 e. The van der Waals surface area contributed by atoms with Crippen molar-refractivity contribution in [1.82, 2.24) is 10.6 Å². The molecule has 2 nitrogen and oxygen atoms in total. The van der Waals surface area contributed by atoms with Gasteiger partial charge in [0, 0.05) is 12.6 Å². The molecule has 0 heterocycles. The number of unbranched alkanes of at least 4 members (excludes halogenated alkanes) is 1. The summed E-state index contributed by atoms with van der Waals surface area (Å²) in [7, 11) is 4.02. The van der Waals surface area contributed by atoms with Crippen LogP contribution in [0.2, 0.25) is 0 Å². The minimum atomic E-state index is 0.657. The van der Waals surface area contributed by atoms with Crippen LogP contribution in [-0.4, -0.2) is 26.7 Å². The Kier molecular flexibility index (Phi) is 6.98. The molecule has 0 aliphatic carbocycles. The summed E-state index contributed by atoms with van der Waals surface area (Å²) in [5.41, 5.74) is 0. The van der Waals surface area contributed by atoms with Crippen molar-refractivity contribution in [3.63, 3.8) is 0 Å². The van der Waals surface area contributed by atoms with E-state index in [4.69, 9.17) is 0 Å². The van der Waals surface area contributed by atoms with Crippen LogP contribution >= 0.6 is 0 Å². The molecule has 62 valence electrons. The van der Waals surface area contributed by atoms with Crippen LogP contribution in [0.15, 0.2) is 0 Å². The predicted octanol–water partition coefficient (Wildman–Crippen LogP) is 0.984. The van der Waals surface area contributed by atoms with Crippen LogP contribution in [-0.2, 0) is 0 Å². The van der Waals surface area contributed by atoms with E-state index in [0.29, 0.717) is 6.04 Å². The molecule has 10 heavy (non-hydrogen) atoms. The molecule has 0 aromatic heterocycles. The lowest BCUT2D eigenvalue weighted by Crippen LogP contribution is -2.34. The Morgan fingerprint density at radius 3 is 2.40 bits per heavy atom. The van der Waals surface area contributed by atoms with Gasteiger partial charge in [0.15, 0.2) is 0 Å². The van der Waals surface area contributed by atoms with Gasteiger partial charge in [-0.3, -0.25) is 0 Å². The smallest absolute Gasteiger partial charge is 0.0189 e. The van der Waals surface area contributed by atoms with E-state index in [-0.39, 0.29) is 0 Å². The molecule has 0 bridgehead atoms. The first-order chi connectivity index (χ1) is 4.85. The second-order valence-electron chi connectivity index (χ2n) is 2.69. The fraction of sp³-hybridized carbons (Fsp3) is 1.00. The highest BCUT2D eigenvalue weighted by Gasteiger charge is 2.01. The first-order valence-corrected chi connectivity index (χ1v) is 4.17. The normalized spacial score (nSPS) is 13.5. The van der Waals surface area contributed by atoms with Gasteiger partial charge in [-0.1, -0.05) is 19.8 Å². The Labute approximate surface area is 64.4 Å². The Morgan fingerprint density at radius 1 is 1.30 bits per heavy atom. The summed E-state index contributed by atoms with van der Waals surface area (Å²) in [6.45, 7) is 3.31. The third-order valence-corrected chi connectivity index (χ3v) is 1.76. The first kappa shape index (κ1) is 9.92. The van der Waals surface area contributed by atoms with Crippen molar-refractivity contribution >= 4 is 0 Å². The highest BCUT2D eigenvalue weighted by atomic mass is 14.9. The van der Waals surface area contributed by atoms with Crippen molar-refractivity contribution in [2.45, 2.75) is 32.2 Å². The zero-order valence-electron chi connectivity index (χ0n) is 7.41. The molecule has 0 aliphatic heterocycles. The number of rotatable bonds is 6. The van der Waals surface area contributed by atoms with Crippen molar-refractivity contribution in [2.75, 3.05) is 20.6 Å². The third-order valence-electron chi connectivity index (χ3n) is 1.76. The van der Waals surface area contributed by atoms with Gasteiger partial charge >= 0.3 is 0 Å². The van der Waals surface area contributed by atoms with Crippen LogP contribution < -0.4 is 10.6 Å². The Morgan fingerprint density at radius 2 is 2.00 bits per heavy atom. The summed E-state index contributed by atoms with van der Waals surface area (Å²) in [4.78, 5) is 0. The second-order valence-corrected chi connectivity index (χ2v) is 2.69. The maximum atomic E-state index is 3.28. The zero-order valence-corrected chi connectivity index (χ0v) is 7.41. The molecule has 0 saturated heterocycles. The van der Waals surface area contributed by atoms with Crippen LogP contribution in [0, 0.1) is 0 Å². The maximum absolute atomic E-state index is 3.28. The van der Waals surface area contributed by atoms with Crippen LogP contribution in [0.4, 0.5) is 0 Å². The number of hydrogen-bond acceptors (Lipinski definition) is 2. The van der Waals surface area contributed by atoms with E-state index < -0.39 is 0 Å². The standard InChI is InChI=1S/C8H20N2/c1-4-5-6-8(10-3)7-9-2/h8-10H,4-7H2,1-3H3/t8-/m0/s1. The van der Waals surface area contributed by atoms with E-state index in [1.54, 1.807) is 0 Å². The molecular weight excluding hydrogens is 124 g/mol. The molecule has 0 aromatic rings. The fourth-order valence-electron chi connectivity index (χ4n) is 1.05. The topological polar surface area (TPSA) is 24.1 Å². The van der Waals surface area contributed by atoms with Crippen molar-refractivity contribution in [1.29, 1.82) is 0 Å². The minimum Gasteiger partial charge on any atom is -0.318 e. The molecule has 0 amide bonds. The molecular formula is C8H20N2. The lowest BCUT2D eigenvalue weighted by molar-refractivity contribution is 0.481. The minimum absolute atomic E-state index is 0.657. The summed E-state index contributed by atoms with van der Waals surface area (Å²) in [5.74, 6) is 0. The number of likely N-dealkylation sites (N-methyl/N-ethyl adjacent to an activating group) is 2. The second kappa shape index (κ2) is 7.03. The largest absolute Gasteiger partial charge is 0.318 e. The van der Waals surface area contributed by atoms with Crippen LogP contribution in [0.1, 0.15) is 26.2 Å². The average molecular weight is 144 g/mol. The van der Waals surface area contributed by atoms with Gasteiger partial charge in [0.1, 0.15) is 0 Å². The first-order valence-electron chi connectivity index (χ1n) is 4.17. The Hall–Kier alpha value is -0.0800. The van der Waals surface area contributed by atoms with Crippen LogP contribution in [0.25, 0.3) is 0 Å². The van der Waals surface area contributed by atoms with Crippen LogP contribution in [0.5, 0.6) is 0 Å². The Balaban J connectivity index is 3.21. The predicted molar refractivity (Wildman–Crippen MR) is 46.3 cm³/mol. The fourth-order valence-corrected chi connectivity index (χ4v) is 1.05. The SMILES string of the molecule is CCCC[C@@H](CNC)NC. The van der Waals surface area contributed by atoms with E-state index in [1.165, 1.54) is 19.3 Å². The van der Waals surface area contributed by atoms with Gasteiger partial charge in [-0.25, -0.2) is 0 Å². The lowest BCUT2D eigenvalue weighted by Gasteiger charge is -2.14. The van der Waals surface area contributed by atoms with E-state index in [0.717, 1.165) is 6.54 Å². The van der Waals surface area contributed by atoms with Gasteiger partial charge in [0.2, 0.25) is 0 Å². The zero-order chi connectivity index (χ0) is 7.82. The highest BCUT2D eigenvalue weighted by Crippen LogP contribution is 1.98. The summed E-state index contributed by atoms with van der Waals surface area (Å²) >= 11 is 0. The van der Waals surface area contributed by atoms with Crippen molar-refractivity contribution < 1.29 is 0 Å². The third kappa shape index (κ3) is 4.77. The molecule has 0 rings (SSSR count). The van der Waals surface area contributed by atoms with Crippen molar-refractivity contribution in [3.8, 4) is 0 Å². The molecule has 0 saturated carbocycles. The van der Waals surface area contributed by atoms with E-state index in [2.05, 4.69) is 17.6 Å². The summed E-state index contributed by atoms with van der Waals surface area (Å²) in [5, 5.41) is 6.44. The number of hydrogen-bond donors (Lipinski definition) is 2. The molecule has 0 unspecified atom stereocenters.